The Morgan fingerprint density at radius 2 is 2.33 bits per heavy atom. The van der Waals surface area contributed by atoms with Gasteiger partial charge in [-0.15, -0.1) is 0 Å². The maximum Gasteiger partial charge on any atom is 0.328 e. The largest absolute Gasteiger partial charge is 0.378 e. The number of hydrogen-bond donors (Lipinski definition) is 1. The molecule has 2 heterocycles. The summed E-state index contributed by atoms with van der Waals surface area (Å²) in [6, 6.07) is 0. The lowest BCUT2D eigenvalue weighted by molar-refractivity contribution is 0.0993. The standard InChI is InChI=1S/C12H16N2O4/c1-8(15)10-7-13-12(17)14(11(10)16)5-4-9-3-2-6-18-9/h7,9H,2-6H2,1H3,(H,13,17). The van der Waals surface area contributed by atoms with Crippen molar-refractivity contribution < 1.29 is 9.53 Å². The molecule has 0 amide bonds. The van der Waals surface area contributed by atoms with Crippen LogP contribution in [0.5, 0.6) is 0 Å². The van der Waals surface area contributed by atoms with Gasteiger partial charge in [0.2, 0.25) is 0 Å². The molecule has 1 aromatic heterocycles. The van der Waals surface area contributed by atoms with Gasteiger partial charge in [0.1, 0.15) is 0 Å². The molecule has 2 rings (SSSR count). The monoisotopic (exact) mass is 252 g/mol. The van der Waals surface area contributed by atoms with E-state index in [1.165, 1.54) is 13.1 Å². The van der Waals surface area contributed by atoms with Crippen molar-refractivity contribution in [3.05, 3.63) is 32.6 Å². The molecule has 1 N–H and O–H groups in total. The molecule has 0 bridgehead atoms. The summed E-state index contributed by atoms with van der Waals surface area (Å²) in [6.45, 7) is 2.32. The van der Waals surface area contributed by atoms with Gasteiger partial charge < -0.3 is 9.72 Å². The van der Waals surface area contributed by atoms with Crippen molar-refractivity contribution in [1.29, 1.82) is 0 Å². The first kappa shape index (κ1) is 12.8. The molecular weight excluding hydrogens is 236 g/mol. The summed E-state index contributed by atoms with van der Waals surface area (Å²) >= 11 is 0. The van der Waals surface area contributed by atoms with E-state index in [9.17, 15) is 14.4 Å². The third-order valence-electron chi connectivity index (χ3n) is 3.14. The summed E-state index contributed by atoms with van der Waals surface area (Å²) in [4.78, 5) is 37.1. The quantitative estimate of drug-likeness (QED) is 0.782. The fourth-order valence-electron chi connectivity index (χ4n) is 2.11. The summed E-state index contributed by atoms with van der Waals surface area (Å²) in [5.74, 6) is -0.345. The Bertz CT molecular complexity index is 552. The van der Waals surface area contributed by atoms with E-state index < -0.39 is 11.2 Å². The molecule has 0 radical (unpaired) electrons. The van der Waals surface area contributed by atoms with E-state index in [-0.39, 0.29) is 24.0 Å². The van der Waals surface area contributed by atoms with Crippen molar-refractivity contribution in [1.82, 2.24) is 9.55 Å². The lowest BCUT2D eigenvalue weighted by atomic mass is 10.2. The number of H-pyrrole nitrogens is 1. The molecule has 1 unspecified atom stereocenters. The van der Waals surface area contributed by atoms with Gasteiger partial charge in [-0.1, -0.05) is 0 Å². The van der Waals surface area contributed by atoms with Crippen molar-refractivity contribution in [2.45, 2.75) is 38.8 Å². The molecule has 6 heteroatoms. The van der Waals surface area contributed by atoms with E-state index in [1.807, 2.05) is 0 Å². The Hall–Kier alpha value is -1.69. The average Bonchev–Trinajstić information content (AvgIpc) is 2.81. The molecule has 1 aliphatic rings. The van der Waals surface area contributed by atoms with E-state index in [0.29, 0.717) is 6.42 Å². The SMILES string of the molecule is CC(=O)c1c[nH]c(=O)n(CCC2CCCO2)c1=O. The first-order valence-electron chi connectivity index (χ1n) is 6.04. The lowest BCUT2D eigenvalue weighted by Gasteiger charge is -2.10. The maximum atomic E-state index is 11.9. The first-order valence-corrected chi connectivity index (χ1v) is 6.04. The molecule has 0 saturated carbocycles. The fraction of sp³-hybridized carbons (Fsp3) is 0.583. The molecule has 98 valence electrons. The Balaban J connectivity index is 2.21. The van der Waals surface area contributed by atoms with E-state index in [4.69, 9.17) is 4.74 Å². The molecular formula is C12H16N2O4. The van der Waals surface area contributed by atoms with Crippen molar-refractivity contribution in [3.63, 3.8) is 0 Å². The molecule has 18 heavy (non-hydrogen) atoms. The molecule has 1 fully saturated rings. The maximum absolute atomic E-state index is 11.9. The van der Waals surface area contributed by atoms with Crippen molar-refractivity contribution in [2.24, 2.45) is 0 Å². The number of nitrogens with one attached hydrogen (secondary N) is 1. The van der Waals surface area contributed by atoms with Gasteiger partial charge in [0, 0.05) is 19.3 Å². The number of carbonyl (C=O) groups excluding carboxylic acids is 1. The summed E-state index contributed by atoms with van der Waals surface area (Å²) in [5, 5.41) is 0. The molecule has 6 nitrogen and oxygen atoms in total. The van der Waals surface area contributed by atoms with Gasteiger partial charge in [-0.05, 0) is 26.2 Å². The van der Waals surface area contributed by atoms with Crippen LogP contribution in [0, 0.1) is 0 Å². The van der Waals surface area contributed by atoms with Gasteiger partial charge >= 0.3 is 5.69 Å². The highest BCUT2D eigenvalue weighted by Crippen LogP contribution is 2.15. The molecule has 0 aliphatic carbocycles. The zero-order valence-electron chi connectivity index (χ0n) is 10.3. The predicted octanol–water partition coefficient (Wildman–Crippen LogP) is 0.308. The third-order valence-corrected chi connectivity index (χ3v) is 3.14. The summed E-state index contributed by atoms with van der Waals surface area (Å²) < 4.78 is 6.51. The Morgan fingerprint density at radius 1 is 1.56 bits per heavy atom. The topological polar surface area (TPSA) is 81.2 Å². The van der Waals surface area contributed by atoms with E-state index >= 15 is 0 Å². The molecule has 1 aromatic rings. The second-order valence-corrected chi connectivity index (χ2v) is 4.44. The molecule has 0 aromatic carbocycles. The minimum atomic E-state index is -0.524. The summed E-state index contributed by atoms with van der Waals surface area (Å²) in [7, 11) is 0. The van der Waals surface area contributed by atoms with Crippen LogP contribution in [0.15, 0.2) is 15.8 Å². The van der Waals surface area contributed by atoms with Gasteiger partial charge in [0.05, 0.1) is 11.7 Å². The van der Waals surface area contributed by atoms with Crippen molar-refractivity contribution in [2.75, 3.05) is 6.61 Å². The summed E-state index contributed by atoms with van der Waals surface area (Å²) in [6.07, 6.45) is 3.87. The van der Waals surface area contributed by atoms with Crippen LogP contribution >= 0.6 is 0 Å². The second-order valence-electron chi connectivity index (χ2n) is 4.44. The van der Waals surface area contributed by atoms with E-state index in [0.717, 1.165) is 24.0 Å². The number of ketones is 1. The van der Waals surface area contributed by atoms with Crippen LogP contribution in [0.25, 0.3) is 0 Å². The Kier molecular flexibility index (Phi) is 3.76. The van der Waals surface area contributed by atoms with Gasteiger partial charge in [0.25, 0.3) is 5.56 Å². The second kappa shape index (κ2) is 5.30. The Labute approximate surface area is 104 Å². The molecule has 1 aliphatic heterocycles. The zero-order chi connectivity index (χ0) is 13.1. The normalized spacial score (nSPS) is 19.1. The average molecular weight is 252 g/mol. The number of aromatic amines is 1. The van der Waals surface area contributed by atoms with Crippen LogP contribution in [0.1, 0.15) is 36.5 Å². The van der Waals surface area contributed by atoms with Gasteiger partial charge in [0.15, 0.2) is 5.78 Å². The van der Waals surface area contributed by atoms with Gasteiger partial charge in [-0.2, -0.15) is 0 Å². The smallest absolute Gasteiger partial charge is 0.328 e. The highest BCUT2D eigenvalue weighted by molar-refractivity contribution is 5.93. The van der Waals surface area contributed by atoms with Crippen LogP contribution in [0.2, 0.25) is 0 Å². The van der Waals surface area contributed by atoms with E-state index in [1.54, 1.807) is 0 Å². The molecule has 1 saturated heterocycles. The van der Waals surface area contributed by atoms with Crippen LogP contribution in [-0.2, 0) is 11.3 Å². The van der Waals surface area contributed by atoms with Crippen LogP contribution in [-0.4, -0.2) is 28.0 Å². The Morgan fingerprint density at radius 3 is 2.94 bits per heavy atom. The minimum Gasteiger partial charge on any atom is -0.378 e. The van der Waals surface area contributed by atoms with Crippen molar-refractivity contribution in [3.8, 4) is 0 Å². The number of rotatable bonds is 4. The summed E-state index contributed by atoms with van der Waals surface area (Å²) in [5.41, 5.74) is -0.991. The van der Waals surface area contributed by atoms with Gasteiger partial charge in [-0.3, -0.25) is 14.2 Å². The molecule has 0 spiro atoms. The number of nitrogens with zero attached hydrogens (tertiary/aromatic N) is 1. The van der Waals surface area contributed by atoms with E-state index in [2.05, 4.69) is 4.98 Å². The van der Waals surface area contributed by atoms with Crippen molar-refractivity contribution >= 4 is 5.78 Å². The number of carbonyl (C=O) groups is 1. The number of hydrogen-bond acceptors (Lipinski definition) is 4. The third kappa shape index (κ3) is 2.59. The fourth-order valence-corrected chi connectivity index (χ4v) is 2.11. The number of aromatic nitrogens is 2. The molecule has 1 atom stereocenters. The predicted molar refractivity (Wildman–Crippen MR) is 64.9 cm³/mol. The highest BCUT2D eigenvalue weighted by atomic mass is 16.5. The van der Waals surface area contributed by atoms with Crippen LogP contribution in [0.3, 0.4) is 0 Å². The van der Waals surface area contributed by atoms with Gasteiger partial charge in [-0.25, -0.2) is 4.79 Å². The number of Topliss-reactive ketones (excluding diaryl/α,β-unsaturated/α-hetero) is 1. The minimum absolute atomic E-state index is 0.0157. The first-order chi connectivity index (χ1) is 8.59. The number of ether oxygens (including phenoxy) is 1. The van der Waals surface area contributed by atoms with Crippen LogP contribution < -0.4 is 11.2 Å². The lowest BCUT2D eigenvalue weighted by Crippen LogP contribution is -2.38. The zero-order valence-corrected chi connectivity index (χ0v) is 10.3. The highest BCUT2D eigenvalue weighted by Gasteiger charge is 2.17. The van der Waals surface area contributed by atoms with Crippen LogP contribution in [0.4, 0.5) is 0 Å².